The van der Waals surface area contributed by atoms with Gasteiger partial charge in [-0.05, 0) is 31.0 Å². The Bertz CT molecular complexity index is 849. The van der Waals surface area contributed by atoms with Gasteiger partial charge in [0, 0.05) is 12.1 Å². The summed E-state index contributed by atoms with van der Waals surface area (Å²) in [6.45, 7) is 4.32. The summed E-state index contributed by atoms with van der Waals surface area (Å²) in [4.78, 5) is 12.2. The predicted molar refractivity (Wildman–Crippen MR) is 98.1 cm³/mol. The first kappa shape index (κ1) is 17.2. The molecule has 3 aromatic rings. The second kappa shape index (κ2) is 7.98. The molecule has 128 valence electrons. The number of benzene rings is 2. The van der Waals surface area contributed by atoms with Crippen LogP contribution in [0.4, 0.5) is 0 Å². The van der Waals surface area contributed by atoms with E-state index >= 15 is 0 Å². The lowest BCUT2D eigenvalue weighted by atomic mass is 10.1. The summed E-state index contributed by atoms with van der Waals surface area (Å²) in [5, 5.41) is 11.1. The number of aromatic nitrogens is 2. The standard InChI is InChI=1S/C19H19N3O2S/c1-13-8-6-7-11-16(13)18-21-22-19(24-18)25-14(2)17(23)20-12-15-9-4-3-5-10-15/h3-11,14H,12H2,1-2H3,(H,20,23). The fourth-order valence-corrected chi connectivity index (χ4v) is 3.02. The molecule has 1 heterocycles. The quantitative estimate of drug-likeness (QED) is 0.682. The number of thioether (sulfide) groups is 1. The number of carbonyl (C=O) groups is 1. The van der Waals surface area contributed by atoms with Crippen molar-refractivity contribution in [1.82, 2.24) is 15.5 Å². The lowest BCUT2D eigenvalue weighted by Gasteiger charge is -2.09. The maximum absolute atomic E-state index is 12.2. The number of rotatable bonds is 6. The largest absolute Gasteiger partial charge is 0.411 e. The number of nitrogens with one attached hydrogen (secondary N) is 1. The highest BCUT2D eigenvalue weighted by atomic mass is 32.2. The van der Waals surface area contributed by atoms with Crippen LogP contribution in [-0.2, 0) is 11.3 Å². The summed E-state index contributed by atoms with van der Waals surface area (Å²) >= 11 is 1.26. The van der Waals surface area contributed by atoms with E-state index in [2.05, 4.69) is 15.5 Å². The first-order valence-electron chi connectivity index (χ1n) is 8.01. The van der Waals surface area contributed by atoms with E-state index in [1.807, 2.05) is 68.4 Å². The monoisotopic (exact) mass is 353 g/mol. The zero-order valence-corrected chi connectivity index (χ0v) is 14.9. The number of carbonyl (C=O) groups excluding carboxylic acids is 1. The molecule has 0 spiro atoms. The van der Waals surface area contributed by atoms with E-state index in [-0.39, 0.29) is 11.2 Å². The van der Waals surface area contributed by atoms with Crippen LogP contribution in [0.3, 0.4) is 0 Å². The third-order valence-electron chi connectivity index (χ3n) is 3.74. The summed E-state index contributed by atoms with van der Waals surface area (Å²) in [5.74, 6) is 0.405. The number of aryl methyl sites for hydroxylation is 1. The van der Waals surface area contributed by atoms with Gasteiger partial charge in [0.05, 0.1) is 5.25 Å². The van der Waals surface area contributed by atoms with Crippen molar-refractivity contribution in [3.05, 3.63) is 65.7 Å². The van der Waals surface area contributed by atoms with Crippen molar-refractivity contribution < 1.29 is 9.21 Å². The zero-order chi connectivity index (χ0) is 17.6. The van der Waals surface area contributed by atoms with Gasteiger partial charge in [0.25, 0.3) is 5.22 Å². The van der Waals surface area contributed by atoms with Crippen LogP contribution in [0.15, 0.2) is 64.2 Å². The van der Waals surface area contributed by atoms with Gasteiger partial charge in [-0.1, -0.05) is 60.3 Å². The first-order valence-corrected chi connectivity index (χ1v) is 8.89. The van der Waals surface area contributed by atoms with E-state index in [0.29, 0.717) is 17.7 Å². The van der Waals surface area contributed by atoms with E-state index in [1.54, 1.807) is 0 Å². The number of hydrogen-bond donors (Lipinski definition) is 1. The van der Waals surface area contributed by atoms with Crippen molar-refractivity contribution in [1.29, 1.82) is 0 Å². The van der Waals surface area contributed by atoms with Crippen molar-refractivity contribution >= 4 is 17.7 Å². The third-order valence-corrected chi connectivity index (χ3v) is 4.67. The van der Waals surface area contributed by atoms with Crippen molar-refractivity contribution in [2.45, 2.75) is 30.9 Å². The molecular formula is C19H19N3O2S. The number of nitrogens with zero attached hydrogens (tertiary/aromatic N) is 2. The molecule has 1 atom stereocenters. The van der Waals surface area contributed by atoms with Crippen LogP contribution >= 0.6 is 11.8 Å². The van der Waals surface area contributed by atoms with Crippen LogP contribution in [0, 0.1) is 6.92 Å². The molecule has 0 bridgehead atoms. The predicted octanol–water partition coefficient (Wildman–Crippen LogP) is 3.84. The Morgan fingerprint density at radius 3 is 2.60 bits per heavy atom. The lowest BCUT2D eigenvalue weighted by molar-refractivity contribution is -0.120. The molecule has 0 fully saturated rings. The molecule has 1 N–H and O–H groups in total. The summed E-state index contributed by atoms with van der Waals surface area (Å²) in [5.41, 5.74) is 3.03. The van der Waals surface area contributed by atoms with Gasteiger partial charge in [-0.15, -0.1) is 10.2 Å². The third kappa shape index (κ3) is 4.48. The van der Waals surface area contributed by atoms with E-state index in [1.165, 1.54) is 11.8 Å². The van der Waals surface area contributed by atoms with Crippen LogP contribution in [0.2, 0.25) is 0 Å². The Morgan fingerprint density at radius 1 is 1.12 bits per heavy atom. The molecule has 0 saturated carbocycles. The maximum Gasteiger partial charge on any atom is 0.277 e. The zero-order valence-electron chi connectivity index (χ0n) is 14.1. The number of amides is 1. The minimum absolute atomic E-state index is 0.0653. The summed E-state index contributed by atoms with van der Waals surface area (Å²) < 4.78 is 5.69. The number of hydrogen-bond acceptors (Lipinski definition) is 5. The minimum Gasteiger partial charge on any atom is -0.411 e. The molecule has 1 aromatic heterocycles. The average molecular weight is 353 g/mol. The highest BCUT2D eigenvalue weighted by Gasteiger charge is 2.19. The van der Waals surface area contributed by atoms with Crippen LogP contribution in [0.1, 0.15) is 18.1 Å². The Balaban J connectivity index is 1.59. The fourth-order valence-electron chi connectivity index (χ4n) is 2.31. The van der Waals surface area contributed by atoms with Gasteiger partial charge in [-0.25, -0.2) is 0 Å². The molecule has 2 aromatic carbocycles. The molecule has 0 aliphatic carbocycles. The SMILES string of the molecule is Cc1ccccc1-c1nnc(SC(C)C(=O)NCc2ccccc2)o1. The molecular weight excluding hydrogens is 334 g/mol. The van der Waals surface area contributed by atoms with E-state index < -0.39 is 0 Å². The molecule has 6 heteroatoms. The van der Waals surface area contributed by atoms with Crippen LogP contribution in [0.25, 0.3) is 11.5 Å². The molecule has 0 aliphatic heterocycles. The van der Waals surface area contributed by atoms with Crippen molar-refractivity contribution in [2.24, 2.45) is 0 Å². The Morgan fingerprint density at radius 2 is 1.84 bits per heavy atom. The summed E-state index contributed by atoms with van der Waals surface area (Å²) in [7, 11) is 0. The first-order chi connectivity index (χ1) is 12.1. The minimum atomic E-state index is -0.325. The Kier molecular flexibility index (Phi) is 5.50. The second-order valence-electron chi connectivity index (χ2n) is 5.65. The van der Waals surface area contributed by atoms with E-state index in [0.717, 1.165) is 16.7 Å². The van der Waals surface area contributed by atoms with Gasteiger partial charge < -0.3 is 9.73 Å². The highest BCUT2D eigenvalue weighted by Crippen LogP contribution is 2.27. The molecule has 5 nitrogen and oxygen atoms in total. The van der Waals surface area contributed by atoms with Crippen LogP contribution < -0.4 is 5.32 Å². The molecule has 0 saturated heterocycles. The molecule has 1 unspecified atom stereocenters. The molecule has 0 aliphatic rings. The van der Waals surface area contributed by atoms with E-state index in [4.69, 9.17) is 4.42 Å². The Hall–Kier alpha value is -2.60. The summed E-state index contributed by atoms with van der Waals surface area (Å²) in [6.07, 6.45) is 0. The van der Waals surface area contributed by atoms with Gasteiger partial charge in [0.1, 0.15) is 0 Å². The smallest absolute Gasteiger partial charge is 0.277 e. The normalized spacial score (nSPS) is 11.9. The molecule has 1 amide bonds. The summed E-state index contributed by atoms with van der Waals surface area (Å²) in [6, 6.07) is 17.6. The van der Waals surface area contributed by atoms with Crippen LogP contribution in [-0.4, -0.2) is 21.4 Å². The van der Waals surface area contributed by atoms with Crippen LogP contribution in [0.5, 0.6) is 0 Å². The van der Waals surface area contributed by atoms with Gasteiger partial charge in [-0.3, -0.25) is 4.79 Å². The molecule has 0 radical (unpaired) electrons. The van der Waals surface area contributed by atoms with Gasteiger partial charge in [0.2, 0.25) is 11.8 Å². The molecule has 3 rings (SSSR count). The van der Waals surface area contributed by atoms with Gasteiger partial charge in [-0.2, -0.15) is 0 Å². The fraction of sp³-hybridized carbons (Fsp3) is 0.211. The average Bonchev–Trinajstić information content (AvgIpc) is 3.09. The lowest BCUT2D eigenvalue weighted by Crippen LogP contribution is -2.30. The van der Waals surface area contributed by atoms with E-state index in [9.17, 15) is 4.79 Å². The van der Waals surface area contributed by atoms with Crippen molar-refractivity contribution in [3.63, 3.8) is 0 Å². The second-order valence-corrected chi connectivity index (χ2v) is 6.94. The highest BCUT2D eigenvalue weighted by molar-refractivity contribution is 8.00. The van der Waals surface area contributed by atoms with Gasteiger partial charge >= 0.3 is 0 Å². The topological polar surface area (TPSA) is 68.0 Å². The Labute approximate surface area is 150 Å². The maximum atomic E-state index is 12.2. The molecule has 25 heavy (non-hydrogen) atoms. The van der Waals surface area contributed by atoms with Gasteiger partial charge in [0.15, 0.2) is 0 Å². The van der Waals surface area contributed by atoms with Crippen molar-refractivity contribution in [3.8, 4) is 11.5 Å². The van der Waals surface area contributed by atoms with Crippen molar-refractivity contribution in [2.75, 3.05) is 0 Å².